The Labute approximate surface area is 138 Å². The van der Waals surface area contributed by atoms with Gasteiger partial charge in [-0.1, -0.05) is 29.0 Å². The van der Waals surface area contributed by atoms with Crippen LogP contribution in [-0.2, 0) is 14.8 Å². The van der Waals surface area contributed by atoms with Crippen LogP contribution in [0.25, 0.3) is 0 Å². The monoisotopic (exact) mass is 352 g/mol. The summed E-state index contributed by atoms with van der Waals surface area (Å²) in [4.78, 5) is 18.2. The van der Waals surface area contributed by atoms with E-state index in [4.69, 9.17) is 5.14 Å². The van der Waals surface area contributed by atoms with Crippen molar-refractivity contribution in [2.24, 2.45) is 5.14 Å². The number of nitrogens with two attached hydrogens (primary N) is 1. The van der Waals surface area contributed by atoms with E-state index in [1.165, 1.54) is 6.20 Å². The fraction of sp³-hybridized carbons (Fsp3) is 0.286. The molecule has 1 fully saturated rings. The number of hydrogen-bond acceptors (Lipinski definition) is 6. The van der Waals surface area contributed by atoms with Gasteiger partial charge in [-0.3, -0.25) is 4.79 Å². The average Bonchev–Trinajstić information content (AvgIpc) is 3.09. The Kier molecular flexibility index (Phi) is 4.09. The van der Waals surface area contributed by atoms with Gasteiger partial charge in [-0.05, 0) is 25.5 Å². The van der Waals surface area contributed by atoms with Crippen LogP contribution in [0.2, 0.25) is 0 Å². The van der Waals surface area contributed by atoms with Crippen molar-refractivity contribution < 1.29 is 13.2 Å². The quantitative estimate of drug-likeness (QED) is 0.863. The molecule has 23 heavy (non-hydrogen) atoms. The van der Waals surface area contributed by atoms with Gasteiger partial charge in [-0.15, -0.1) is 0 Å². The van der Waals surface area contributed by atoms with Gasteiger partial charge in [-0.25, -0.2) is 18.5 Å². The predicted octanol–water partition coefficient (Wildman–Crippen LogP) is 1.32. The highest BCUT2D eigenvalue weighted by molar-refractivity contribution is 7.91. The number of nitrogens with zero attached hydrogens (tertiary/aromatic N) is 2. The second-order valence-corrected chi connectivity index (χ2v) is 8.16. The first-order chi connectivity index (χ1) is 10.8. The molecule has 0 saturated carbocycles. The molecule has 0 radical (unpaired) electrons. The number of benzene rings is 1. The summed E-state index contributed by atoms with van der Waals surface area (Å²) in [5.41, 5.74) is 1.99. The SMILES string of the molecule is Cc1ccc(N2CCC(Nc3ncc(S(N)(=O)=O)s3)C2=O)cc1. The van der Waals surface area contributed by atoms with Gasteiger partial charge in [0.2, 0.25) is 15.9 Å². The minimum absolute atomic E-state index is 0.0270. The van der Waals surface area contributed by atoms with Gasteiger partial charge in [0.25, 0.3) is 0 Å². The molecular formula is C14H16N4O3S2. The molecule has 122 valence electrons. The molecule has 1 aromatic carbocycles. The Morgan fingerprint density at radius 3 is 2.65 bits per heavy atom. The van der Waals surface area contributed by atoms with E-state index in [-0.39, 0.29) is 10.1 Å². The topological polar surface area (TPSA) is 105 Å². The van der Waals surface area contributed by atoms with Crippen LogP contribution in [-0.4, -0.2) is 31.9 Å². The Hall–Kier alpha value is -1.97. The number of anilines is 2. The van der Waals surface area contributed by atoms with Crippen LogP contribution in [0.15, 0.2) is 34.7 Å². The van der Waals surface area contributed by atoms with Gasteiger partial charge < -0.3 is 10.2 Å². The zero-order valence-corrected chi connectivity index (χ0v) is 14.0. The minimum atomic E-state index is -3.77. The van der Waals surface area contributed by atoms with Crippen LogP contribution in [0.5, 0.6) is 0 Å². The summed E-state index contributed by atoms with van der Waals surface area (Å²) in [5.74, 6) is -0.0544. The van der Waals surface area contributed by atoms with E-state index in [1.54, 1.807) is 4.90 Å². The lowest BCUT2D eigenvalue weighted by Crippen LogP contribution is -2.33. The number of rotatable bonds is 4. The predicted molar refractivity (Wildman–Crippen MR) is 89.0 cm³/mol. The number of thiazole rings is 1. The summed E-state index contributed by atoms with van der Waals surface area (Å²) in [5, 5.41) is 8.42. The van der Waals surface area contributed by atoms with E-state index >= 15 is 0 Å². The number of amides is 1. The minimum Gasteiger partial charge on any atom is -0.350 e. The van der Waals surface area contributed by atoms with Crippen LogP contribution >= 0.6 is 11.3 Å². The number of carbonyl (C=O) groups is 1. The van der Waals surface area contributed by atoms with Gasteiger partial charge in [-0.2, -0.15) is 0 Å². The number of sulfonamides is 1. The van der Waals surface area contributed by atoms with Crippen molar-refractivity contribution in [2.45, 2.75) is 23.6 Å². The summed E-state index contributed by atoms with van der Waals surface area (Å²) >= 11 is 0.922. The molecule has 1 atom stereocenters. The van der Waals surface area contributed by atoms with Gasteiger partial charge in [0, 0.05) is 12.2 Å². The smallest absolute Gasteiger partial charge is 0.249 e. The number of carbonyl (C=O) groups excluding carboxylic acids is 1. The average molecular weight is 352 g/mol. The van der Waals surface area contributed by atoms with Crippen molar-refractivity contribution in [3.8, 4) is 0 Å². The summed E-state index contributed by atoms with van der Waals surface area (Å²) in [6, 6.07) is 7.33. The molecule has 2 heterocycles. The van der Waals surface area contributed by atoms with Crippen LogP contribution < -0.4 is 15.4 Å². The van der Waals surface area contributed by atoms with E-state index in [0.29, 0.717) is 18.1 Å². The molecule has 0 spiro atoms. The first-order valence-corrected chi connectivity index (χ1v) is 9.34. The maximum atomic E-state index is 12.5. The Bertz CT molecular complexity index is 830. The van der Waals surface area contributed by atoms with Crippen molar-refractivity contribution >= 4 is 38.1 Å². The standard InChI is InChI=1S/C14H16N4O3S2/c1-9-2-4-10(5-3-9)18-7-6-11(13(18)19)17-14-16-8-12(22-14)23(15,20)21/h2-5,8,11H,6-7H2,1H3,(H,16,17)(H2,15,20,21). The third-order valence-corrected chi connectivity index (χ3v) is 5.95. The first-order valence-electron chi connectivity index (χ1n) is 6.98. The van der Waals surface area contributed by atoms with E-state index in [1.807, 2.05) is 31.2 Å². The van der Waals surface area contributed by atoms with E-state index < -0.39 is 16.1 Å². The van der Waals surface area contributed by atoms with Crippen LogP contribution in [0, 0.1) is 6.92 Å². The van der Waals surface area contributed by atoms with Crippen molar-refractivity contribution in [3.05, 3.63) is 36.0 Å². The lowest BCUT2D eigenvalue weighted by Gasteiger charge is -2.17. The van der Waals surface area contributed by atoms with E-state index in [9.17, 15) is 13.2 Å². The molecule has 9 heteroatoms. The molecule has 3 rings (SSSR count). The Balaban J connectivity index is 1.72. The second-order valence-electron chi connectivity index (χ2n) is 5.34. The molecule has 1 aliphatic rings. The van der Waals surface area contributed by atoms with Crippen molar-refractivity contribution in [2.75, 3.05) is 16.8 Å². The zero-order chi connectivity index (χ0) is 16.6. The highest BCUT2D eigenvalue weighted by Crippen LogP contribution is 2.27. The number of aryl methyl sites for hydroxylation is 1. The largest absolute Gasteiger partial charge is 0.350 e. The lowest BCUT2D eigenvalue weighted by molar-refractivity contribution is -0.117. The molecule has 7 nitrogen and oxygen atoms in total. The van der Waals surface area contributed by atoms with Gasteiger partial charge in [0.1, 0.15) is 6.04 Å². The second kappa shape index (κ2) is 5.91. The summed E-state index contributed by atoms with van der Waals surface area (Å²) < 4.78 is 22.5. The molecular weight excluding hydrogens is 336 g/mol. The molecule has 0 bridgehead atoms. The Morgan fingerprint density at radius 2 is 2.04 bits per heavy atom. The van der Waals surface area contributed by atoms with E-state index in [0.717, 1.165) is 22.6 Å². The highest BCUT2D eigenvalue weighted by Gasteiger charge is 2.33. The summed E-state index contributed by atoms with van der Waals surface area (Å²) in [6.07, 6.45) is 1.82. The number of nitrogens with one attached hydrogen (secondary N) is 1. The van der Waals surface area contributed by atoms with Gasteiger partial charge in [0.05, 0.1) is 6.20 Å². The van der Waals surface area contributed by atoms with Crippen LogP contribution in [0.4, 0.5) is 10.8 Å². The molecule has 3 N–H and O–H groups in total. The third-order valence-electron chi connectivity index (χ3n) is 3.61. The third kappa shape index (κ3) is 3.36. The van der Waals surface area contributed by atoms with Gasteiger partial charge in [0.15, 0.2) is 9.34 Å². The lowest BCUT2D eigenvalue weighted by atomic mass is 10.2. The maximum absolute atomic E-state index is 12.5. The highest BCUT2D eigenvalue weighted by atomic mass is 32.2. The fourth-order valence-corrected chi connectivity index (χ4v) is 3.91. The van der Waals surface area contributed by atoms with Crippen molar-refractivity contribution in [3.63, 3.8) is 0 Å². The summed E-state index contributed by atoms with van der Waals surface area (Å²) in [7, 11) is -3.77. The van der Waals surface area contributed by atoms with Crippen molar-refractivity contribution in [1.82, 2.24) is 4.98 Å². The number of aromatic nitrogens is 1. The number of primary sulfonamides is 1. The molecule has 1 aliphatic heterocycles. The molecule has 2 aromatic rings. The first kappa shape index (κ1) is 15.9. The van der Waals surface area contributed by atoms with E-state index in [2.05, 4.69) is 10.3 Å². The normalized spacial score (nSPS) is 18.4. The van der Waals surface area contributed by atoms with Crippen LogP contribution in [0.1, 0.15) is 12.0 Å². The molecule has 1 aromatic heterocycles. The van der Waals surface area contributed by atoms with Crippen molar-refractivity contribution in [1.29, 1.82) is 0 Å². The molecule has 1 unspecified atom stereocenters. The fourth-order valence-electron chi connectivity index (χ4n) is 2.40. The zero-order valence-electron chi connectivity index (χ0n) is 12.4. The molecule has 1 amide bonds. The maximum Gasteiger partial charge on any atom is 0.249 e. The van der Waals surface area contributed by atoms with Crippen LogP contribution in [0.3, 0.4) is 0 Å². The van der Waals surface area contributed by atoms with Gasteiger partial charge >= 0.3 is 0 Å². The molecule has 1 saturated heterocycles. The summed E-state index contributed by atoms with van der Waals surface area (Å²) in [6.45, 7) is 2.60. The molecule has 0 aliphatic carbocycles. The Morgan fingerprint density at radius 1 is 1.35 bits per heavy atom. The number of hydrogen-bond donors (Lipinski definition) is 2.